The van der Waals surface area contributed by atoms with Gasteiger partial charge in [0.05, 0.1) is 0 Å². The molecule has 0 radical (unpaired) electrons. The number of hydrogen-bond acceptors (Lipinski definition) is 3. The van der Waals surface area contributed by atoms with Crippen LogP contribution in [-0.2, 0) is 9.53 Å². The highest BCUT2D eigenvalue weighted by Crippen LogP contribution is 2.43. The molecule has 0 aromatic carbocycles. The summed E-state index contributed by atoms with van der Waals surface area (Å²) < 4.78 is 5.47. The van der Waals surface area contributed by atoms with Gasteiger partial charge >= 0.3 is 6.09 Å². The van der Waals surface area contributed by atoms with E-state index in [1.807, 2.05) is 25.7 Å². The van der Waals surface area contributed by atoms with E-state index in [-0.39, 0.29) is 23.5 Å². The summed E-state index contributed by atoms with van der Waals surface area (Å²) in [6, 6.07) is 0.270. The third-order valence-electron chi connectivity index (χ3n) is 5.27. The molecule has 0 bridgehead atoms. The van der Waals surface area contributed by atoms with Gasteiger partial charge in [0.1, 0.15) is 5.60 Å². The molecule has 2 rings (SSSR count). The highest BCUT2D eigenvalue weighted by Gasteiger charge is 2.46. The first kappa shape index (κ1) is 19.6. The summed E-state index contributed by atoms with van der Waals surface area (Å²) in [5.41, 5.74) is -0.310. The van der Waals surface area contributed by atoms with Crippen LogP contribution in [0.1, 0.15) is 66.2 Å². The Morgan fingerprint density at radius 1 is 1.28 bits per heavy atom. The van der Waals surface area contributed by atoms with E-state index in [1.54, 1.807) is 4.90 Å². The monoisotopic (exact) mass is 348 g/mol. The Morgan fingerprint density at radius 2 is 1.92 bits per heavy atom. The summed E-state index contributed by atoms with van der Waals surface area (Å²) in [5, 5.41) is 0. The molecule has 140 valence electrons. The second-order valence-corrected chi connectivity index (χ2v) is 8.60. The van der Waals surface area contributed by atoms with Crippen LogP contribution in [0.3, 0.4) is 0 Å². The molecule has 0 N–H and O–H groups in total. The van der Waals surface area contributed by atoms with E-state index in [9.17, 15) is 9.59 Å². The van der Waals surface area contributed by atoms with Gasteiger partial charge in [-0.05, 0) is 58.8 Å². The lowest BCUT2D eigenvalue weighted by molar-refractivity contribution is -0.132. The van der Waals surface area contributed by atoms with E-state index in [1.165, 1.54) is 0 Å². The minimum absolute atomic E-state index is 0.152. The molecule has 0 aromatic heterocycles. The Morgan fingerprint density at radius 3 is 2.48 bits per heavy atom. The van der Waals surface area contributed by atoms with Crippen molar-refractivity contribution in [3.05, 3.63) is 0 Å². The normalized spacial score (nSPS) is 22.8. The fourth-order valence-electron chi connectivity index (χ4n) is 3.99. The number of piperidine rings is 1. The van der Waals surface area contributed by atoms with Gasteiger partial charge in [-0.3, -0.25) is 4.79 Å². The molecule has 0 saturated carbocycles. The molecule has 2 saturated heterocycles. The zero-order chi connectivity index (χ0) is 18.7. The number of terminal acetylenes is 1. The highest BCUT2D eigenvalue weighted by molar-refractivity contribution is 5.77. The summed E-state index contributed by atoms with van der Waals surface area (Å²) >= 11 is 0. The lowest BCUT2D eigenvalue weighted by Crippen LogP contribution is -2.46. The van der Waals surface area contributed by atoms with Crippen LogP contribution in [0, 0.1) is 17.8 Å². The topological polar surface area (TPSA) is 49.9 Å². The van der Waals surface area contributed by atoms with Crippen molar-refractivity contribution in [2.24, 2.45) is 5.41 Å². The van der Waals surface area contributed by atoms with Gasteiger partial charge < -0.3 is 14.5 Å². The Balaban J connectivity index is 1.88. The minimum Gasteiger partial charge on any atom is -0.444 e. The smallest absolute Gasteiger partial charge is 0.410 e. The first-order valence-corrected chi connectivity index (χ1v) is 9.37. The van der Waals surface area contributed by atoms with Crippen molar-refractivity contribution in [1.29, 1.82) is 0 Å². The lowest BCUT2D eigenvalue weighted by atomic mass is 9.77. The summed E-state index contributed by atoms with van der Waals surface area (Å²) in [4.78, 5) is 28.5. The van der Waals surface area contributed by atoms with E-state index < -0.39 is 5.60 Å². The van der Waals surface area contributed by atoms with Crippen molar-refractivity contribution in [1.82, 2.24) is 9.80 Å². The van der Waals surface area contributed by atoms with Crippen molar-refractivity contribution in [2.45, 2.75) is 77.9 Å². The molecule has 0 aliphatic carbocycles. The number of carbonyl (C=O) groups excluding carboxylic acids is 2. The molecule has 1 atom stereocenters. The average Bonchev–Trinajstić information content (AvgIpc) is 2.83. The van der Waals surface area contributed by atoms with Crippen LogP contribution in [0.25, 0.3) is 0 Å². The van der Waals surface area contributed by atoms with Gasteiger partial charge in [0.2, 0.25) is 5.91 Å². The molecule has 2 aliphatic rings. The third-order valence-corrected chi connectivity index (χ3v) is 5.27. The molecule has 2 heterocycles. The summed E-state index contributed by atoms with van der Waals surface area (Å²) in [6.45, 7) is 10.0. The van der Waals surface area contributed by atoms with Crippen molar-refractivity contribution in [3.8, 4) is 12.3 Å². The number of rotatable bonds is 3. The molecule has 2 amide bonds. The molecule has 1 unspecified atom stereocenters. The predicted molar refractivity (Wildman–Crippen MR) is 98.0 cm³/mol. The molecule has 25 heavy (non-hydrogen) atoms. The zero-order valence-corrected chi connectivity index (χ0v) is 16.1. The van der Waals surface area contributed by atoms with Crippen LogP contribution in [0.4, 0.5) is 4.79 Å². The largest absolute Gasteiger partial charge is 0.444 e. The van der Waals surface area contributed by atoms with Gasteiger partial charge in [-0.15, -0.1) is 12.3 Å². The summed E-state index contributed by atoms with van der Waals surface area (Å²) in [7, 11) is 0. The molecular weight excluding hydrogens is 316 g/mol. The standard InChI is InChI=1S/C20H32N2O3/c1-6-7-8-9-17(23)22-15-20(14-16(22)2)10-12-21(13-11-20)18(24)25-19(3,4)5/h1,16H,7-15H2,2-5H3. The number of hydrogen-bond donors (Lipinski definition) is 0. The van der Waals surface area contributed by atoms with Crippen LogP contribution >= 0.6 is 0 Å². The van der Waals surface area contributed by atoms with E-state index >= 15 is 0 Å². The zero-order valence-electron chi connectivity index (χ0n) is 16.1. The molecular formula is C20H32N2O3. The van der Waals surface area contributed by atoms with Crippen LogP contribution in [0.5, 0.6) is 0 Å². The van der Waals surface area contributed by atoms with Gasteiger partial charge in [0.25, 0.3) is 0 Å². The molecule has 5 nitrogen and oxygen atoms in total. The molecule has 2 aliphatic heterocycles. The van der Waals surface area contributed by atoms with Gasteiger partial charge in [0, 0.05) is 38.5 Å². The van der Waals surface area contributed by atoms with Crippen molar-refractivity contribution in [3.63, 3.8) is 0 Å². The second kappa shape index (κ2) is 7.68. The lowest BCUT2D eigenvalue weighted by Gasteiger charge is -2.39. The Bertz CT molecular complexity index is 536. The number of likely N-dealkylation sites (tertiary alicyclic amines) is 2. The molecule has 1 spiro atoms. The molecule has 2 fully saturated rings. The number of amides is 2. The van der Waals surface area contributed by atoms with Crippen molar-refractivity contribution >= 4 is 12.0 Å². The van der Waals surface area contributed by atoms with E-state index in [0.29, 0.717) is 25.9 Å². The second-order valence-electron chi connectivity index (χ2n) is 8.60. The van der Waals surface area contributed by atoms with Gasteiger partial charge in [-0.1, -0.05) is 0 Å². The molecule has 5 heteroatoms. The average molecular weight is 348 g/mol. The molecule has 0 aromatic rings. The van der Waals surface area contributed by atoms with E-state index in [2.05, 4.69) is 12.8 Å². The van der Waals surface area contributed by atoms with Gasteiger partial charge in [-0.25, -0.2) is 4.79 Å². The fraction of sp³-hybridized carbons (Fsp3) is 0.800. The number of carbonyl (C=O) groups is 2. The van der Waals surface area contributed by atoms with Gasteiger partial charge in [-0.2, -0.15) is 0 Å². The van der Waals surface area contributed by atoms with Crippen molar-refractivity contribution < 1.29 is 14.3 Å². The fourth-order valence-corrected chi connectivity index (χ4v) is 3.99. The number of ether oxygens (including phenoxy) is 1. The number of nitrogens with zero attached hydrogens (tertiary/aromatic N) is 2. The Hall–Kier alpha value is -1.70. The first-order valence-electron chi connectivity index (χ1n) is 9.37. The van der Waals surface area contributed by atoms with Crippen LogP contribution < -0.4 is 0 Å². The Kier molecular flexibility index (Phi) is 6.03. The van der Waals surface area contributed by atoms with E-state index in [0.717, 1.165) is 32.2 Å². The SMILES string of the molecule is C#CCCCC(=O)N1CC2(CCN(C(=O)OC(C)(C)C)CC2)CC1C. The van der Waals surface area contributed by atoms with Gasteiger partial charge in [0.15, 0.2) is 0 Å². The quantitative estimate of drug-likeness (QED) is 0.580. The van der Waals surface area contributed by atoms with Crippen LogP contribution in [0.15, 0.2) is 0 Å². The predicted octanol–water partition coefficient (Wildman–Crippen LogP) is 3.43. The van der Waals surface area contributed by atoms with E-state index in [4.69, 9.17) is 11.2 Å². The third kappa shape index (κ3) is 5.14. The maximum Gasteiger partial charge on any atom is 0.410 e. The van der Waals surface area contributed by atoms with Crippen LogP contribution in [-0.4, -0.2) is 53.1 Å². The Labute approximate surface area is 152 Å². The van der Waals surface area contributed by atoms with Crippen molar-refractivity contribution in [2.75, 3.05) is 19.6 Å². The minimum atomic E-state index is -0.463. The first-order chi connectivity index (χ1) is 11.7. The van der Waals surface area contributed by atoms with Crippen LogP contribution in [0.2, 0.25) is 0 Å². The summed E-state index contributed by atoms with van der Waals surface area (Å²) in [6.07, 6.45) is 9.89. The highest BCUT2D eigenvalue weighted by atomic mass is 16.6. The number of unbranched alkanes of at least 4 members (excludes halogenated alkanes) is 1. The summed E-state index contributed by atoms with van der Waals surface area (Å²) in [5.74, 6) is 2.81. The maximum atomic E-state index is 12.5. The maximum absolute atomic E-state index is 12.5.